The van der Waals surface area contributed by atoms with E-state index < -0.39 is 0 Å². The third-order valence-corrected chi connectivity index (χ3v) is 4.87. The molecule has 0 aliphatic heterocycles. The maximum absolute atomic E-state index is 12.4. The molecule has 5 nitrogen and oxygen atoms in total. The number of hydrogen-bond donors (Lipinski definition) is 1. The van der Waals surface area contributed by atoms with Crippen LogP contribution in [-0.4, -0.2) is 15.7 Å². The van der Waals surface area contributed by atoms with Gasteiger partial charge in [-0.1, -0.05) is 11.6 Å². The Morgan fingerprint density at radius 1 is 1.32 bits per heavy atom. The number of carbonyl (C=O) groups is 1. The SMILES string of the molecule is Cc1cc(NC(=O)c2cc(COc3ccc(Cl)cc3C)cs2)n(C)n1. The smallest absolute Gasteiger partial charge is 0.266 e. The second-order valence-corrected chi connectivity index (χ2v) is 7.11. The lowest BCUT2D eigenvalue weighted by Gasteiger charge is -2.08. The largest absolute Gasteiger partial charge is 0.489 e. The van der Waals surface area contributed by atoms with E-state index in [0.717, 1.165) is 22.6 Å². The summed E-state index contributed by atoms with van der Waals surface area (Å²) in [6.07, 6.45) is 0. The molecule has 25 heavy (non-hydrogen) atoms. The van der Waals surface area contributed by atoms with E-state index in [2.05, 4.69) is 10.4 Å². The highest BCUT2D eigenvalue weighted by Gasteiger charge is 2.12. The third kappa shape index (κ3) is 4.21. The molecule has 0 spiro atoms. The number of nitrogens with zero attached hydrogens (tertiary/aromatic N) is 2. The first-order valence-electron chi connectivity index (χ1n) is 7.71. The van der Waals surface area contributed by atoms with Crippen LogP contribution in [-0.2, 0) is 13.7 Å². The second-order valence-electron chi connectivity index (χ2n) is 5.77. The monoisotopic (exact) mass is 375 g/mol. The van der Waals surface area contributed by atoms with Gasteiger partial charge in [0.15, 0.2) is 0 Å². The maximum atomic E-state index is 12.4. The number of benzene rings is 1. The van der Waals surface area contributed by atoms with Crippen molar-refractivity contribution in [3.8, 4) is 5.75 Å². The third-order valence-electron chi connectivity index (χ3n) is 3.65. The van der Waals surface area contributed by atoms with Crippen LogP contribution in [0.2, 0.25) is 5.02 Å². The second kappa shape index (κ2) is 7.29. The van der Waals surface area contributed by atoms with E-state index in [4.69, 9.17) is 16.3 Å². The van der Waals surface area contributed by atoms with Crippen molar-refractivity contribution in [3.63, 3.8) is 0 Å². The fraction of sp³-hybridized carbons (Fsp3) is 0.222. The van der Waals surface area contributed by atoms with Gasteiger partial charge in [0.2, 0.25) is 0 Å². The standard InChI is InChI=1S/C18H18ClN3O2S/c1-11-6-14(19)4-5-15(11)24-9-13-8-16(25-10-13)18(23)20-17-7-12(2)21-22(17)3/h4-8,10H,9H2,1-3H3,(H,20,23). The van der Waals surface area contributed by atoms with Crippen LogP contribution in [0.4, 0.5) is 5.82 Å². The molecule has 3 aromatic rings. The average Bonchev–Trinajstić information content (AvgIpc) is 3.13. The minimum atomic E-state index is -0.151. The Labute approximate surface area is 155 Å². The molecule has 0 fully saturated rings. The van der Waals surface area contributed by atoms with Gasteiger partial charge < -0.3 is 10.1 Å². The Hall–Kier alpha value is -2.31. The van der Waals surface area contributed by atoms with Gasteiger partial charge in [-0.15, -0.1) is 11.3 Å². The number of hydrogen-bond acceptors (Lipinski definition) is 4. The summed E-state index contributed by atoms with van der Waals surface area (Å²) in [7, 11) is 1.80. The molecule has 2 aromatic heterocycles. The molecule has 1 amide bonds. The molecule has 0 radical (unpaired) electrons. The zero-order valence-corrected chi connectivity index (χ0v) is 15.7. The van der Waals surface area contributed by atoms with Gasteiger partial charge in [-0.2, -0.15) is 5.10 Å². The number of ether oxygens (including phenoxy) is 1. The Morgan fingerprint density at radius 3 is 2.80 bits per heavy atom. The number of halogens is 1. The number of nitrogens with one attached hydrogen (secondary N) is 1. The van der Waals surface area contributed by atoms with E-state index in [1.807, 2.05) is 43.5 Å². The molecular weight excluding hydrogens is 358 g/mol. The molecule has 0 saturated carbocycles. The lowest BCUT2D eigenvalue weighted by molar-refractivity contribution is 0.102. The van der Waals surface area contributed by atoms with E-state index in [-0.39, 0.29) is 5.91 Å². The number of carbonyl (C=O) groups excluding carboxylic acids is 1. The molecule has 3 rings (SSSR count). The Kier molecular flexibility index (Phi) is 5.11. The van der Waals surface area contributed by atoms with Gasteiger partial charge in [0.25, 0.3) is 5.91 Å². The minimum absolute atomic E-state index is 0.151. The Morgan fingerprint density at radius 2 is 2.12 bits per heavy atom. The molecular formula is C18H18ClN3O2S. The lowest BCUT2D eigenvalue weighted by atomic mass is 10.2. The predicted molar refractivity (Wildman–Crippen MR) is 101 cm³/mol. The highest BCUT2D eigenvalue weighted by molar-refractivity contribution is 7.12. The molecule has 1 aromatic carbocycles. The summed E-state index contributed by atoms with van der Waals surface area (Å²) >= 11 is 7.34. The summed E-state index contributed by atoms with van der Waals surface area (Å²) in [6, 6.07) is 9.18. The van der Waals surface area contributed by atoms with Crippen LogP contribution < -0.4 is 10.1 Å². The quantitative estimate of drug-likeness (QED) is 0.709. The van der Waals surface area contributed by atoms with Crippen LogP contribution in [0.25, 0.3) is 0 Å². The first kappa shape index (κ1) is 17.5. The van der Waals surface area contributed by atoms with E-state index in [0.29, 0.717) is 22.3 Å². The van der Waals surface area contributed by atoms with Crippen LogP contribution in [0.3, 0.4) is 0 Å². The van der Waals surface area contributed by atoms with Crippen molar-refractivity contribution in [1.82, 2.24) is 9.78 Å². The summed E-state index contributed by atoms with van der Waals surface area (Å²) in [5, 5.41) is 9.69. The van der Waals surface area contributed by atoms with Crippen molar-refractivity contribution < 1.29 is 9.53 Å². The normalized spacial score (nSPS) is 10.7. The molecule has 0 saturated heterocycles. The van der Waals surface area contributed by atoms with Crippen molar-refractivity contribution in [2.24, 2.45) is 7.05 Å². The van der Waals surface area contributed by atoms with Crippen LogP contribution in [0.15, 0.2) is 35.7 Å². The number of aryl methyl sites for hydroxylation is 3. The van der Waals surface area contributed by atoms with E-state index in [9.17, 15) is 4.79 Å². The summed E-state index contributed by atoms with van der Waals surface area (Å²) in [5.41, 5.74) is 2.79. The summed E-state index contributed by atoms with van der Waals surface area (Å²) in [6.45, 7) is 4.23. The first-order valence-corrected chi connectivity index (χ1v) is 8.96. The van der Waals surface area contributed by atoms with Gasteiger partial charge in [0.05, 0.1) is 10.6 Å². The molecule has 7 heteroatoms. The van der Waals surface area contributed by atoms with Gasteiger partial charge in [-0.05, 0) is 49.1 Å². The maximum Gasteiger partial charge on any atom is 0.266 e. The number of amides is 1. The van der Waals surface area contributed by atoms with Gasteiger partial charge >= 0.3 is 0 Å². The van der Waals surface area contributed by atoms with Gasteiger partial charge in [0, 0.05) is 23.7 Å². The van der Waals surface area contributed by atoms with Crippen molar-refractivity contribution in [3.05, 3.63) is 62.4 Å². The predicted octanol–water partition coefficient (Wildman–Crippen LogP) is 4.58. The lowest BCUT2D eigenvalue weighted by Crippen LogP contribution is -2.13. The van der Waals surface area contributed by atoms with Gasteiger partial charge in [-0.25, -0.2) is 0 Å². The summed E-state index contributed by atoms with van der Waals surface area (Å²) in [4.78, 5) is 13.0. The highest BCUT2D eigenvalue weighted by Crippen LogP contribution is 2.24. The van der Waals surface area contributed by atoms with Crippen molar-refractivity contribution in [2.45, 2.75) is 20.5 Å². The number of rotatable bonds is 5. The van der Waals surface area contributed by atoms with Gasteiger partial charge in [-0.3, -0.25) is 9.48 Å². The Bertz CT molecular complexity index is 917. The number of aromatic nitrogens is 2. The fourth-order valence-corrected chi connectivity index (χ4v) is 3.43. The van der Waals surface area contributed by atoms with Crippen LogP contribution >= 0.6 is 22.9 Å². The average molecular weight is 376 g/mol. The molecule has 130 valence electrons. The molecule has 1 N–H and O–H groups in total. The zero-order chi connectivity index (χ0) is 18.0. The summed E-state index contributed by atoms with van der Waals surface area (Å²) < 4.78 is 7.46. The van der Waals surface area contributed by atoms with Crippen molar-refractivity contribution in [1.29, 1.82) is 0 Å². The van der Waals surface area contributed by atoms with Crippen molar-refractivity contribution in [2.75, 3.05) is 5.32 Å². The molecule has 0 bridgehead atoms. The van der Waals surface area contributed by atoms with Crippen molar-refractivity contribution >= 4 is 34.7 Å². The number of thiophene rings is 1. The van der Waals surface area contributed by atoms with Crippen LogP contribution in [0.5, 0.6) is 5.75 Å². The Balaban J connectivity index is 1.63. The molecule has 2 heterocycles. The van der Waals surface area contributed by atoms with Gasteiger partial charge in [0.1, 0.15) is 18.2 Å². The zero-order valence-electron chi connectivity index (χ0n) is 14.2. The van der Waals surface area contributed by atoms with Crippen LogP contribution in [0.1, 0.15) is 26.5 Å². The topological polar surface area (TPSA) is 56.1 Å². The highest BCUT2D eigenvalue weighted by atomic mass is 35.5. The molecule has 0 unspecified atom stereocenters. The minimum Gasteiger partial charge on any atom is -0.489 e. The molecule has 0 atom stereocenters. The number of anilines is 1. The fourth-order valence-electron chi connectivity index (χ4n) is 2.41. The first-order chi connectivity index (χ1) is 11.9. The summed E-state index contributed by atoms with van der Waals surface area (Å²) in [5.74, 6) is 1.30. The van der Waals surface area contributed by atoms with E-state index >= 15 is 0 Å². The van der Waals surface area contributed by atoms with E-state index in [1.165, 1.54) is 11.3 Å². The molecule has 0 aliphatic rings. The van der Waals surface area contributed by atoms with E-state index in [1.54, 1.807) is 17.8 Å². The van der Waals surface area contributed by atoms with Crippen LogP contribution in [0, 0.1) is 13.8 Å². The molecule has 0 aliphatic carbocycles.